The molecule has 25 heavy (non-hydrogen) atoms. The van der Waals surface area contributed by atoms with E-state index in [4.69, 9.17) is 0 Å². The van der Waals surface area contributed by atoms with Gasteiger partial charge in [-0.1, -0.05) is 6.07 Å². The van der Waals surface area contributed by atoms with Crippen molar-refractivity contribution in [3.63, 3.8) is 0 Å². The van der Waals surface area contributed by atoms with Crippen molar-refractivity contribution < 1.29 is 18.7 Å². The van der Waals surface area contributed by atoms with E-state index in [1.54, 1.807) is 11.0 Å². The topological polar surface area (TPSA) is 53.4 Å². The quantitative estimate of drug-likeness (QED) is 0.921. The lowest BCUT2D eigenvalue weighted by Crippen LogP contribution is -2.40. The Morgan fingerprint density at radius 2 is 2.00 bits per heavy atom. The largest absolute Gasteiger partial charge is 0.505 e. The number of carbonyl (C=O) groups excluding carboxylic acids is 1. The molecule has 3 rings (SSSR count). The van der Waals surface area contributed by atoms with Gasteiger partial charge in [0.25, 0.3) is 5.91 Å². The minimum atomic E-state index is -0.526. The highest BCUT2D eigenvalue weighted by Gasteiger charge is 2.27. The second-order valence-corrected chi connectivity index (χ2v) is 6.37. The normalized spacial score (nSPS) is 17.5. The maximum Gasteiger partial charge on any atom is 0.276 e. The van der Waals surface area contributed by atoms with Gasteiger partial charge >= 0.3 is 0 Å². The maximum absolute atomic E-state index is 13.7. The number of hydrogen-bond acceptors (Lipinski definition) is 3. The summed E-state index contributed by atoms with van der Waals surface area (Å²) in [6.45, 7) is 1.10. The Morgan fingerprint density at radius 3 is 2.72 bits per heavy atom. The minimum absolute atomic E-state index is 0.0447. The Bertz CT molecular complexity index is 747. The summed E-state index contributed by atoms with van der Waals surface area (Å²) in [7, 11) is 0. The van der Waals surface area contributed by atoms with Crippen molar-refractivity contribution in [3.8, 4) is 5.75 Å². The Morgan fingerprint density at radius 1 is 1.24 bits per heavy atom. The first-order chi connectivity index (χ1) is 12.1. The number of amides is 1. The molecule has 0 unspecified atom stereocenters. The first kappa shape index (κ1) is 17.3. The molecule has 1 saturated heterocycles. The number of likely N-dealkylation sites (tertiary alicyclic amines) is 1. The van der Waals surface area contributed by atoms with Crippen LogP contribution in [0, 0.1) is 17.6 Å². The van der Waals surface area contributed by atoms with Gasteiger partial charge in [-0.05, 0) is 55.9 Å². The van der Waals surface area contributed by atoms with Crippen molar-refractivity contribution in [2.45, 2.75) is 25.7 Å². The molecule has 4 nitrogen and oxygen atoms in total. The summed E-state index contributed by atoms with van der Waals surface area (Å²) in [5.41, 5.74) is 0.150. The molecule has 1 atom stereocenters. The van der Waals surface area contributed by atoms with E-state index in [-0.39, 0.29) is 28.8 Å². The van der Waals surface area contributed by atoms with Crippen molar-refractivity contribution in [2.75, 3.05) is 13.1 Å². The van der Waals surface area contributed by atoms with Crippen LogP contribution in [0.3, 0.4) is 0 Å². The first-order valence-electron chi connectivity index (χ1n) is 8.42. The molecule has 132 valence electrons. The van der Waals surface area contributed by atoms with Gasteiger partial charge < -0.3 is 10.0 Å². The molecule has 0 bridgehead atoms. The average molecular weight is 346 g/mol. The molecule has 0 saturated carbocycles. The number of carbonyl (C=O) groups is 1. The van der Waals surface area contributed by atoms with Gasteiger partial charge in [0.1, 0.15) is 17.4 Å². The average Bonchev–Trinajstić information content (AvgIpc) is 2.61. The predicted molar refractivity (Wildman–Crippen MR) is 89.2 cm³/mol. The molecule has 1 N–H and O–H groups in total. The molecule has 1 aromatic carbocycles. The van der Waals surface area contributed by atoms with E-state index in [2.05, 4.69) is 4.98 Å². The fraction of sp³-hybridized carbons (Fsp3) is 0.368. The Kier molecular flexibility index (Phi) is 5.26. The highest BCUT2D eigenvalue weighted by molar-refractivity contribution is 5.94. The van der Waals surface area contributed by atoms with Crippen LogP contribution >= 0.6 is 0 Å². The van der Waals surface area contributed by atoms with Gasteiger partial charge in [0.15, 0.2) is 5.69 Å². The molecular weight excluding hydrogens is 326 g/mol. The third-order valence-electron chi connectivity index (χ3n) is 4.66. The van der Waals surface area contributed by atoms with E-state index in [1.165, 1.54) is 30.5 Å². The number of pyridine rings is 1. The standard InChI is InChI=1S/C19H20F2N2O2/c20-15-5-1-6-16(21)14(15)9-8-13-4-3-11-23(12-13)19(25)18-17(24)7-2-10-22-18/h1-2,5-7,10,13,24H,3-4,8-9,11-12H2/t13-/m1/s1. The Hall–Kier alpha value is -2.50. The lowest BCUT2D eigenvalue weighted by Gasteiger charge is -2.32. The van der Waals surface area contributed by atoms with Crippen molar-refractivity contribution in [1.82, 2.24) is 9.88 Å². The Labute approximate surface area is 145 Å². The van der Waals surface area contributed by atoms with Crippen LogP contribution in [0.1, 0.15) is 35.3 Å². The highest BCUT2D eigenvalue weighted by atomic mass is 19.1. The minimum Gasteiger partial charge on any atom is -0.505 e. The van der Waals surface area contributed by atoms with E-state index in [1.807, 2.05) is 0 Å². The van der Waals surface area contributed by atoms with Gasteiger partial charge in [-0.3, -0.25) is 4.79 Å². The zero-order valence-electron chi connectivity index (χ0n) is 13.8. The van der Waals surface area contributed by atoms with E-state index in [0.717, 1.165) is 12.8 Å². The molecule has 1 amide bonds. The number of aromatic hydroxyl groups is 1. The summed E-state index contributed by atoms with van der Waals surface area (Å²) < 4.78 is 27.5. The number of nitrogens with zero attached hydrogens (tertiary/aromatic N) is 2. The van der Waals surface area contributed by atoms with Crippen LogP contribution in [0.15, 0.2) is 36.5 Å². The summed E-state index contributed by atoms with van der Waals surface area (Å²) >= 11 is 0. The van der Waals surface area contributed by atoms with Gasteiger partial charge in [-0.25, -0.2) is 13.8 Å². The second kappa shape index (κ2) is 7.59. The van der Waals surface area contributed by atoms with Gasteiger partial charge in [0, 0.05) is 24.8 Å². The predicted octanol–water partition coefficient (Wildman–Crippen LogP) is 3.55. The molecule has 0 aliphatic carbocycles. The summed E-state index contributed by atoms with van der Waals surface area (Å²) in [6, 6.07) is 6.88. The van der Waals surface area contributed by atoms with Gasteiger partial charge in [-0.2, -0.15) is 0 Å². The van der Waals surface area contributed by atoms with Crippen molar-refractivity contribution >= 4 is 5.91 Å². The zero-order chi connectivity index (χ0) is 17.8. The van der Waals surface area contributed by atoms with Crippen LogP contribution < -0.4 is 0 Å². The van der Waals surface area contributed by atoms with Gasteiger partial charge in [-0.15, -0.1) is 0 Å². The van der Waals surface area contributed by atoms with Crippen LogP contribution in [0.25, 0.3) is 0 Å². The smallest absolute Gasteiger partial charge is 0.276 e. The molecular formula is C19H20F2N2O2. The molecule has 1 fully saturated rings. The van der Waals surface area contributed by atoms with E-state index in [9.17, 15) is 18.7 Å². The summed E-state index contributed by atoms with van der Waals surface area (Å²) in [5.74, 6) is -1.32. The first-order valence-corrected chi connectivity index (χ1v) is 8.42. The van der Waals surface area contributed by atoms with E-state index in [0.29, 0.717) is 25.9 Å². The fourth-order valence-corrected chi connectivity index (χ4v) is 3.32. The molecule has 6 heteroatoms. The van der Waals surface area contributed by atoms with Crippen LogP contribution in [0.5, 0.6) is 5.75 Å². The molecule has 1 aliphatic rings. The number of aromatic nitrogens is 1. The second-order valence-electron chi connectivity index (χ2n) is 6.37. The van der Waals surface area contributed by atoms with Crippen molar-refractivity contribution in [3.05, 3.63) is 59.4 Å². The number of piperidine rings is 1. The van der Waals surface area contributed by atoms with Crippen LogP contribution in [0.2, 0.25) is 0 Å². The SMILES string of the molecule is O=C(c1ncccc1O)N1CCC[C@H](CCc2c(F)cccc2F)C1. The van der Waals surface area contributed by atoms with Crippen LogP contribution in [-0.2, 0) is 6.42 Å². The van der Waals surface area contributed by atoms with Crippen LogP contribution in [0.4, 0.5) is 8.78 Å². The summed E-state index contributed by atoms with van der Waals surface area (Å²) in [6.07, 6.45) is 4.11. The van der Waals surface area contributed by atoms with Gasteiger partial charge in [0.2, 0.25) is 0 Å². The molecule has 0 spiro atoms. The number of halogens is 2. The maximum atomic E-state index is 13.7. The summed E-state index contributed by atoms with van der Waals surface area (Å²) in [4.78, 5) is 18.1. The summed E-state index contributed by atoms with van der Waals surface area (Å²) in [5, 5.41) is 9.80. The molecule has 2 heterocycles. The fourth-order valence-electron chi connectivity index (χ4n) is 3.32. The lowest BCUT2D eigenvalue weighted by molar-refractivity contribution is 0.0658. The number of hydrogen-bond donors (Lipinski definition) is 1. The zero-order valence-corrected chi connectivity index (χ0v) is 13.8. The van der Waals surface area contributed by atoms with Gasteiger partial charge in [0.05, 0.1) is 0 Å². The van der Waals surface area contributed by atoms with E-state index >= 15 is 0 Å². The Balaban J connectivity index is 1.63. The van der Waals surface area contributed by atoms with Crippen molar-refractivity contribution in [2.24, 2.45) is 5.92 Å². The molecule has 0 radical (unpaired) electrons. The monoisotopic (exact) mass is 346 g/mol. The third-order valence-corrected chi connectivity index (χ3v) is 4.66. The van der Waals surface area contributed by atoms with Crippen molar-refractivity contribution in [1.29, 1.82) is 0 Å². The van der Waals surface area contributed by atoms with Crippen LogP contribution in [-0.4, -0.2) is 34.0 Å². The number of benzene rings is 1. The molecule has 1 aromatic heterocycles. The lowest BCUT2D eigenvalue weighted by atomic mass is 9.91. The van der Waals surface area contributed by atoms with E-state index < -0.39 is 11.6 Å². The molecule has 1 aliphatic heterocycles. The number of rotatable bonds is 4. The third kappa shape index (κ3) is 3.95. The highest BCUT2D eigenvalue weighted by Crippen LogP contribution is 2.25. The molecule has 2 aromatic rings.